The molecule has 8 nitrogen and oxygen atoms in total. The van der Waals surface area contributed by atoms with E-state index < -0.39 is 34.5 Å². The first-order valence-electron chi connectivity index (χ1n) is 8.23. The fraction of sp³-hybridized carbons (Fsp3) is 0.278. The van der Waals surface area contributed by atoms with Crippen molar-refractivity contribution < 1.29 is 37.1 Å². The van der Waals surface area contributed by atoms with Gasteiger partial charge in [0, 0.05) is 26.4 Å². The molecule has 162 valence electrons. The van der Waals surface area contributed by atoms with E-state index in [0.717, 1.165) is 24.3 Å². The van der Waals surface area contributed by atoms with E-state index in [-0.39, 0.29) is 28.6 Å². The number of amides is 1. The van der Waals surface area contributed by atoms with Gasteiger partial charge in [-0.25, -0.2) is 0 Å². The van der Waals surface area contributed by atoms with Crippen LogP contribution >= 0.6 is 11.6 Å². The number of hydrogen-bond donors (Lipinski definition) is 1. The van der Waals surface area contributed by atoms with Gasteiger partial charge in [0.1, 0.15) is 17.1 Å². The minimum absolute atomic E-state index is 0.0394. The van der Waals surface area contributed by atoms with Gasteiger partial charge in [-0.3, -0.25) is 14.9 Å². The molecule has 0 atom stereocenters. The maximum absolute atomic E-state index is 12.7. The first-order valence-corrected chi connectivity index (χ1v) is 8.61. The largest absolute Gasteiger partial charge is 0.456 e. The van der Waals surface area contributed by atoms with Gasteiger partial charge >= 0.3 is 6.18 Å². The summed E-state index contributed by atoms with van der Waals surface area (Å²) < 4.78 is 53.5. The standard InChI is InChI=1S/C18H16ClF3N2O6/c1-28-16(29-2)9-23-17(25)12-8-11(4-5-14(12)24(26)27)30-15-6-3-10(7-13(15)19)18(20,21)22/h3-8,16H,9H2,1-2H3,(H,23,25). The van der Waals surface area contributed by atoms with Gasteiger partial charge in [-0.05, 0) is 24.3 Å². The number of nitrogens with one attached hydrogen (secondary N) is 1. The zero-order valence-electron chi connectivity index (χ0n) is 15.7. The topological polar surface area (TPSA) is 99.9 Å². The number of carbonyl (C=O) groups is 1. The first-order chi connectivity index (χ1) is 14.1. The Hall–Kier alpha value is -2.89. The zero-order chi connectivity index (χ0) is 22.5. The summed E-state index contributed by atoms with van der Waals surface area (Å²) in [6.45, 7) is -0.0845. The number of nitro groups is 1. The van der Waals surface area contributed by atoms with Gasteiger partial charge in [0.15, 0.2) is 6.29 Å². The lowest BCUT2D eigenvalue weighted by atomic mass is 10.1. The van der Waals surface area contributed by atoms with Gasteiger partial charge < -0.3 is 19.5 Å². The number of halogens is 4. The fourth-order valence-corrected chi connectivity index (χ4v) is 2.56. The van der Waals surface area contributed by atoms with Crippen LogP contribution in [0.15, 0.2) is 36.4 Å². The van der Waals surface area contributed by atoms with Crippen molar-refractivity contribution in [2.75, 3.05) is 20.8 Å². The quantitative estimate of drug-likeness (QED) is 0.365. The van der Waals surface area contributed by atoms with Crippen molar-refractivity contribution in [3.8, 4) is 11.5 Å². The molecule has 0 spiro atoms. The lowest BCUT2D eigenvalue weighted by Crippen LogP contribution is -2.34. The third-order valence-electron chi connectivity index (χ3n) is 3.85. The summed E-state index contributed by atoms with van der Waals surface area (Å²) in [6, 6.07) is 5.77. The molecule has 0 saturated heterocycles. The lowest BCUT2D eigenvalue weighted by molar-refractivity contribution is -0.385. The Labute approximate surface area is 173 Å². The van der Waals surface area contributed by atoms with E-state index in [1.807, 2.05) is 0 Å². The highest BCUT2D eigenvalue weighted by Gasteiger charge is 2.31. The smallest absolute Gasteiger partial charge is 0.416 e. The van der Waals surface area contributed by atoms with E-state index in [4.69, 9.17) is 25.8 Å². The van der Waals surface area contributed by atoms with Gasteiger partial charge in [-0.2, -0.15) is 13.2 Å². The predicted octanol–water partition coefficient (Wildman–Crippen LogP) is 4.41. The minimum Gasteiger partial charge on any atom is -0.456 e. The van der Waals surface area contributed by atoms with Crippen LogP contribution in [-0.4, -0.2) is 37.9 Å². The molecule has 12 heteroatoms. The normalized spacial score (nSPS) is 11.4. The second-order valence-corrected chi connectivity index (χ2v) is 6.20. The Morgan fingerprint density at radius 2 is 1.87 bits per heavy atom. The molecule has 0 saturated carbocycles. The average molecular weight is 449 g/mol. The molecular formula is C18H16ClF3N2O6. The zero-order valence-corrected chi connectivity index (χ0v) is 16.4. The molecule has 0 aromatic heterocycles. The molecule has 0 fully saturated rings. The molecule has 30 heavy (non-hydrogen) atoms. The minimum atomic E-state index is -4.58. The molecule has 2 aromatic carbocycles. The summed E-state index contributed by atoms with van der Waals surface area (Å²) >= 11 is 5.85. The average Bonchev–Trinajstić information content (AvgIpc) is 2.69. The number of alkyl halides is 3. The van der Waals surface area contributed by atoms with E-state index in [2.05, 4.69) is 5.32 Å². The molecule has 0 heterocycles. The summed E-state index contributed by atoms with van der Waals surface area (Å²) in [6.07, 6.45) is -5.35. The van der Waals surface area contributed by atoms with Gasteiger partial charge in [-0.1, -0.05) is 11.6 Å². The SMILES string of the molecule is COC(CNC(=O)c1cc(Oc2ccc(C(F)(F)F)cc2Cl)ccc1[N+](=O)[O-])OC. The molecule has 1 amide bonds. The molecular weight excluding hydrogens is 433 g/mol. The Morgan fingerprint density at radius 1 is 1.20 bits per heavy atom. The number of methoxy groups -OCH3 is 2. The van der Waals surface area contributed by atoms with Crippen LogP contribution in [0.25, 0.3) is 0 Å². The molecule has 2 rings (SSSR count). The number of hydrogen-bond acceptors (Lipinski definition) is 6. The highest BCUT2D eigenvalue weighted by molar-refractivity contribution is 6.32. The molecule has 1 N–H and O–H groups in total. The summed E-state index contributed by atoms with van der Waals surface area (Å²) in [5, 5.41) is 13.3. The molecule has 0 aliphatic carbocycles. The number of nitro benzene ring substituents is 1. The third-order valence-corrected chi connectivity index (χ3v) is 4.15. The number of ether oxygens (including phenoxy) is 3. The second-order valence-electron chi connectivity index (χ2n) is 5.79. The van der Waals surface area contributed by atoms with E-state index in [9.17, 15) is 28.1 Å². The van der Waals surface area contributed by atoms with Gasteiger partial charge in [-0.15, -0.1) is 0 Å². The summed E-state index contributed by atoms with van der Waals surface area (Å²) in [5.41, 5.74) is -1.79. The van der Waals surface area contributed by atoms with E-state index >= 15 is 0 Å². The Kier molecular flexibility index (Phi) is 7.59. The van der Waals surface area contributed by atoms with Gasteiger partial charge in [0.2, 0.25) is 0 Å². The highest BCUT2D eigenvalue weighted by Crippen LogP contribution is 2.37. The Bertz CT molecular complexity index is 935. The molecule has 0 bridgehead atoms. The van der Waals surface area contributed by atoms with Crippen LogP contribution in [0, 0.1) is 10.1 Å². The van der Waals surface area contributed by atoms with Crippen molar-refractivity contribution in [3.63, 3.8) is 0 Å². The molecule has 0 aliphatic heterocycles. The Balaban J connectivity index is 2.29. The third kappa shape index (κ3) is 5.81. The van der Waals surface area contributed by atoms with E-state index in [1.165, 1.54) is 20.3 Å². The number of nitrogens with zero attached hydrogens (tertiary/aromatic N) is 1. The van der Waals surface area contributed by atoms with Crippen LogP contribution in [0.3, 0.4) is 0 Å². The van der Waals surface area contributed by atoms with Crippen molar-refractivity contribution >= 4 is 23.2 Å². The van der Waals surface area contributed by atoms with Crippen LogP contribution in [0.1, 0.15) is 15.9 Å². The maximum atomic E-state index is 12.7. The highest BCUT2D eigenvalue weighted by atomic mass is 35.5. The lowest BCUT2D eigenvalue weighted by Gasteiger charge is -2.15. The van der Waals surface area contributed by atoms with Crippen LogP contribution in [0.2, 0.25) is 5.02 Å². The van der Waals surface area contributed by atoms with Gasteiger partial charge in [0.05, 0.1) is 22.1 Å². The van der Waals surface area contributed by atoms with Crippen LogP contribution in [0.5, 0.6) is 11.5 Å². The van der Waals surface area contributed by atoms with Crippen molar-refractivity contribution in [1.29, 1.82) is 0 Å². The number of benzene rings is 2. The second kappa shape index (κ2) is 9.74. The van der Waals surface area contributed by atoms with Crippen molar-refractivity contribution in [3.05, 3.63) is 62.7 Å². The molecule has 0 aliphatic rings. The summed E-state index contributed by atoms with van der Waals surface area (Å²) in [4.78, 5) is 22.9. The molecule has 2 aromatic rings. The maximum Gasteiger partial charge on any atom is 0.416 e. The Morgan fingerprint density at radius 3 is 2.40 bits per heavy atom. The summed E-state index contributed by atoms with van der Waals surface area (Å²) in [5.74, 6) is -0.962. The van der Waals surface area contributed by atoms with Gasteiger partial charge in [0.25, 0.3) is 11.6 Å². The fourth-order valence-electron chi connectivity index (χ4n) is 2.34. The van der Waals surface area contributed by atoms with Crippen LogP contribution < -0.4 is 10.1 Å². The van der Waals surface area contributed by atoms with Crippen LogP contribution in [-0.2, 0) is 15.7 Å². The van der Waals surface area contributed by atoms with Crippen LogP contribution in [0.4, 0.5) is 18.9 Å². The predicted molar refractivity (Wildman–Crippen MR) is 99.8 cm³/mol. The molecule has 0 radical (unpaired) electrons. The van der Waals surface area contributed by atoms with Crippen molar-refractivity contribution in [2.45, 2.75) is 12.5 Å². The van der Waals surface area contributed by atoms with Crippen molar-refractivity contribution in [1.82, 2.24) is 5.32 Å². The molecule has 0 unspecified atom stereocenters. The van der Waals surface area contributed by atoms with E-state index in [0.29, 0.717) is 6.07 Å². The number of rotatable bonds is 8. The van der Waals surface area contributed by atoms with Crippen molar-refractivity contribution in [2.24, 2.45) is 0 Å². The monoisotopic (exact) mass is 448 g/mol. The van der Waals surface area contributed by atoms with E-state index in [1.54, 1.807) is 0 Å². The first kappa shape index (κ1) is 23.4. The number of carbonyl (C=O) groups excluding carboxylic acids is 1. The summed E-state index contributed by atoms with van der Waals surface area (Å²) in [7, 11) is 2.70.